The molecule has 1 atom stereocenters. The lowest BCUT2D eigenvalue weighted by atomic mass is 9.98. The number of benzene rings is 1. The fourth-order valence-corrected chi connectivity index (χ4v) is 3.18. The molecule has 0 aliphatic rings. The smallest absolute Gasteiger partial charge is 0.0279 e. The topological polar surface area (TPSA) is 0 Å². The Morgan fingerprint density at radius 3 is 1.65 bits per heavy atom. The van der Waals surface area contributed by atoms with Gasteiger partial charge in [-0.1, -0.05) is 103 Å². The van der Waals surface area contributed by atoms with Crippen LogP contribution in [0, 0.1) is 5.92 Å². The van der Waals surface area contributed by atoms with Gasteiger partial charge in [0.15, 0.2) is 0 Å². The minimum atomic E-state index is 0.913. The summed E-state index contributed by atoms with van der Waals surface area (Å²) in [5, 5.41) is 0. The zero-order chi connectivity index (χ0) is 16.8. The summed E-state index contributed by atoms with van der Waals surface area (Å²) in [5.74, 6) is 0.913. The summed E-state index contributed by atoms with van der Waals surface area (Å²) in [6, 6.07) is 9.45. The lowest BCUT2D eigenvalue weighted by Crippen LogP contribution is -1.93. The van der Waals surface area contributed by atoms with Crippen LogP contribution in [0.5, 0.6) is 0 Å². The summed E-state index contributed by atoms with van der Waals surface area (Å²) in [5.41, 5.74) is 3.06. The number of hydrogen-bond donors (Lipinski definition) is 0. The molecule has 0 saturated heterocycles. The van der Waals surface area contributed by atoms with Gasteiger partial charge in [-0.2, -0.15) is 0 Å². The van der Waals surface area contributed by atoms with Crippen molar-refractivity contribution in [2.45, 2.75) is 104 Å². The van der Waals surface area contributed by atoms with Crippen molar-refractivity contribution in [1.29, 1.82) is 0 Å². The predicted octanol–water partition coefficient (Wildman–Crippen LogP) is 7.74. The van der Waals surface area contributed by atoms with E-state index < -0.39 is 0 Å². The Morgan fingerprint density at radius 1 is 0.652 bits per heavy atom. The number of hydrogen-bond acceptors (Lipinski definition) is 0. The van der Waals surface area contributed by atoms with Crippen LogP contribution in [0.3, 0.4) is 0 Å². The highest BCUT2D eigenvalue weighted by Crippen LogP contribution is 2.15. The van der Waals surface area contributed by atoms with Gasteiger partial charge < -0.3 is 0 Å². The zero-order valence-electron chi connectivity index (χ0n) is 16.1. The molecule has 0 heterocycles. The maximum absolute atomic E-state index is 2.38. The van der Waals surface area contributed by atoms with Crippen molar-refractivity contribution in [3.63, 3.8) is 0 Å². The summed E-state index contributed by atoms with van der Waals surface area (Å²) >= 11 is 0. The Labute approximate surface area is 146 Å². The Kier molecular flexibility index (Phi) is 12.0. The van der Waals surface area contributed by atoms with Crippen LogP contribution >= 0.6 is 0 Å². The van der Waals surface area contributed by atoms with E-state index in [1.165, 1.54) is 94.6 Å². The molecule has 132 valence electrons. The van der Waals surface area contributed by atoms with E-state index in [-0.39, 0.29) is 0 Å². The molecule has 1 rings (SSSR count). The van der Waals surface area contributed by atoms with Gasteiger partial charge in [-0.3, -0.25) is 0 Å². The molecule has 0 amide bonds. The van der Waals surface area contributed by atoms with Gasteiger partial charge in [0, 0.05) is 0 Å². The van der Waals surface area contributed by atoms with Gasteiger partial charge in [0.05, 0.1) is 0 Å². The average Bonchev–Trinajstić information content (AvgIpc) is 2.58. The summed E-state index contributed by atoms with van der Waals surface area (Å²) in [7, 11) is 0. The van der Waals surface area contributed by atoms with Crippen molar-refractivity contribution in [3.8, 4) is 0 Å². The average molecular weight is 317 g/mol. The summed E-state index contributed by atoms with van der Waals surface area (Å²) in [6.07, 6.45) is 17.8. The van der Waals surface area contributed by atoms with Gasteiger partial charge in [0.25, 0.3) is 0 Å². The third-order valence-electron chi connectivity index (χ3n) is 5.20. The Balaban J connectivity index is 2.08. The van der Waals surface area contributed by atoms with Gasteiger partial charge in [-0.25, -0.2) is 0 Å². The molecule has 0 fully saturated rings. The van der Waals surface area contributed by atoms with Gasteiger partial charge in [0.2, 0.25) is 0 Å². The van der Waals surface area contributed by atoms with E-state index in [0.717, 1.165) is 5.92 Å². The lowest BCUT2D eigenvalue weighted by Gasteiger charge is -2.08. The van der Waals surface area contributed by atoms with Crippen molar-refractivity contribution in [2.24, 2.45) is 5.92 Å². The molecule has 0 nitrogen and oxygen atoms in total. The minimum absolute atomic E-state index is 0.913. The standard InChI is InChI=1S/C23H40/c1-4-6-7-8-9-12-15-22-17-19-23(20-18-22)16-13-10-11-14-21(3)5-2/h17-21H,4-16H2,1-3H3. The molecule has 1 aromatic carbocycles. The van der Waals surface area contributed by atoms with Crippen LogP contribution in [0.4, 0.5) is 0 Å². The van der Waals surface area contributed by atoms with Crippen LogP contribution in [0.25, 0.3) is 0 Å². The van der Waals surface area contributed by atoms with Crippen molar-refractivity contribution >= 4 is 0 Å². The Hall–Kier alpha value is -0.780. The van der Waals surface area contributed by atoms with Crippen LogP contribution in [0.1, 0.15) is 103 Å². The minimum Gasteiger partial charge on any atom is -0.0654 e. The maximum Gasteiger partial charge on any atom is -0.0279 e. The molecule has 0 aromatic heterocycles. The molecule has 0 heteroatoms. The Bertz CT molecular complexity index is 362. The molecule has 0 N–H and O–H groups in total. The van der Waals surface area contributed by atoms with Gasteiger partial charge in [-0.05, 0) is 42.7 Å². The number of unbranched alkanes of at least 4 members (excludes halogenated alkanes) is 7. The molecule has 23 heavy (non-hydrogen) atoms. The molecule has 1 unspecified atom stereocenters. The first kappa shape index (κ1) is 20.3. The fourth-order valence-electron chi connectivity index (χ4n) is 3.18. The molecule has 1 aromatic rings. The van der Waals surface area contributed by atoms with E-state index in [2.05, 4.69) is 45.0 Å². The van der Waals surface area contributed by atoms with Crippen LogP contribution < -0.4 is 0 Å². The molecular weight excluding hydrogens is 276 g/mol. The van der Waals surface area contributed by atoms with E-state index in [0.29, 0.717) is 0 Å². The maximum atomic E-state index is 2.38. The molecule has 0 aliphatic carbocycles. The summed E-state index contributed by atoms with van der Waals surface area (Å²) in [4.78, 5) is 0. The molecular formula is C23H40. The number of aryl methyl sites for hydroxylation is 2. The second kappa shape index (κ2) is 13.6. The lowest BCUT2D eigenvalue weighted by molar-refractivity contribution is 0.478. The van der Waals surface area contributed by atoms with Crippen LogP contribution in [0.15, 0.2) is 24.3 Å². The van der Waals surface area contributed by atoms with Gasteiger partial charge in [-0.15, -0.1) is 0 Å². The van der Waals surface area contributed by atoms with E-state index in [4.69, 9.17) is 0 Å². The van der Waals surface area contributed by atoms with E-state index in [1.54, 1.807) is 0 Å². The van der Waals surface area contributed by atoms with Gasteiger partial charge >= 0.3 is 0 Å². The molecule has 0 aliphatic heterocycles. The van der Waals surface area contributed by atoms with Crippen molar-refractivity contribution in [1.82, 2.24) is 0 Å². The second-order valence-electron chi connectivity index (χ2n) is 7.45. The zero-order valence-corrected chi connectivity index (χ0v) is 16.1. The quantitative estimate of drug-likeness (QED) is 0.308. The highest BCUT2D eigenvalue weighted by Gasteiger charge is 2.00. The SMILES string of the molecule is CCCCCCCCc1ccc(CCCCCC(C)CC)cc1. The molecule has 0 saturated carbocycles. The van der Waals surface area contributed by atoms with Crippen LogP contribution in [-0.2, 0) is 12.8 Å². The van der Waals surface area contributed by atoms with E-state index in [9.17, 15) is 0 Å². The number of rotatable bonds is 14. The molecule has 0 spiro atoms. The third kappa shape index (κ3) is 10.6. The van der Waals surface area contributed by atoms with Crippen molar-refractivity contribution in [3.05, 3.63) is 35.4 Å². The monoisotopic (exact) mass is 316 g/mol. The highest BCUT2D eigenvalue weighted by atomic mass is 14.1. The molecule has 0 bridgehead atoms. The fraction of sp³-hybridized carbons (Fsp3) is 0.739. The van der Waals surface area contributed by atoms with Crippen molar-refractivity contribution in [2.75, 3.05) is 0 Å². The van der Waals surface area contributed by atoms with E-state index >= 15 is 0 Å². The second-order valence-corrected chi connectivity index (χ2v) is 7.45. The first-order valence-corrected chi connectivity index (χ1v) is 10.3. The van der Waals surface area contributed by atoms with Crippen LogP contribution in [-0.4, -0.2) is 0 Å². The summed E-state index contributed by atoms with van der Waals surface area (Å²) < 4.78 is 0. The first-order chi connectivity index (χ1) is 11.3. The first-order valence-electron chi connectivity index (χ1n) is 10.3. The third-order valence-corrected chi connectivity index (χ3v) is 5.20. The van der Waals surface area contributed by atoms with Crippen LogP contribution in [0.2, 0.25) is 0 Å². The van der Waals surface area contributed by atoms with Crippen molar-refractivity contribution < 1.29 is 0 Å². The van der Waals surface area contributed by atoms with E-state index in [1.807, 2.05) is 0 Å². The van der Waals surface area contributed by atoms with Gasteiger partial charge in [0.1, 0.15) is 0 Å². The normalized spacial score (nSPS) is 12.5. The predicted molar refractivity (Wildman–Crippen MR) is 105 cm³/mol. The highest BCUT2D eigenvalue weighted by molar-refractivity contribution is 5.22. The Morgan fingerprint density at radius 2 is 1.13 bits per heavy atom. The summed E-state index contributed by atoms with van der Waals surface area (Å²) in [6.45, 7) is 6.97. The molecule has 0 radical (unpaired) electrons. The largest absolute Gasteiger partial charge is 0.0654 e.